The largest absolute Gasteiger partial charge is 0.461 e. The van der Waals surface area contributed by atoms with Crippen molar-refractivity contribution in [3.05, 3.63) is 106 Å². The Balaban J connectivity index is 1.45. The molecule has 3 aromatic rings. The molecule has 44 heavy (non-hydrogen) atoms. The van der Waals surface area contributed by atoms with Gasteiger partial charge in [-0.05, 0) is 79.8 Å². The molecule has 4 unspecified atom stereocenters. The summed E-state index contributed by atoms with van der Waals surface area (Å²) in [7, 11) is 1.85. The molecule has 0 aliphatic heterocycles. The lowest BCUT2D eigenvalue weighted by molar-refractivity contribution is -0.145. The molecular formula is C33H34F7NO3. The molecule has 0 aromatic heterocycles. The highest BCUT2D eigenvalue weighted by Gasteiger charge is 2.41. The van der Waals surface area contributed by atoms with Crippen LogP contribution in [0.1, 0.15) is 66.0 Å². The molecule has 11 heteroatoms. The molecule has 3 aromatic carbocycles. The number of ether oxygens (including phenoxy) is 2. The fourth-order valence-corrected chi connectivity index (χ4v) is 5.71. The van der Waals surface area contributed by atoms with Crippen molar-refractivity contribution in [3.63, 3.8) is 0 Å². The molecule has 1 fully saturated rings. The second-order valence-corrected chi connectivity index (χ2v) is 11.2. The Kier molecular flexibility index (Phi) is 10.7. The van der Waals surface area contributed by atoms with Crippen LogP contribution in [0.15, 0.2) is 72.8 Å². The van der Waals surface area contributed by atoms with Gasteiger partial charge < -0.3 is 14.4 Å². The Morgan fingerprint density at radius 1 is 0.909 bits per heavy atom. The van der Waals surface area contributed by atoms with Gasteiger partial charge in [0.1, 0.15) is 12.4 Å². The first-order chi connectivity index (χ1) is 20.7. The molecule has 238 valence electrons. The fourth-order valence-electron chi connectivity index (χ4n) is 5.71. The standard InChI is InChI=1S/C33H34F7NO3/c1-21(25-16-26(32(35,36)37)18-27(17-25)33(38,39)40)44-29-13-10-24(31(29)23-8-11-28(34)12-9-23)19-41(2)15-14-30(42)43-20-22-6-4-3-5-7-22/h3-9,11-12,16-18,21,24,29,31H,10,13-15,19-20H2,1-2H3. The van der Waals surface area contributed by atoms with Gasteiger partial charge in [0.15, 0.2) is 0 Å². The molecule has 0 bridgehead atoms. The van der Waals surface area contributed by atoms with Gasteiger partial charge in [0.2, 0.25) is 0 Å². The van der Waals surface area contributed by atoms with Gasteiger partial charge in [-0.15, -0.1) is 0 Å². The number of halogens is 7. The second-order valence-electron chi connectivity index (χ2n) is 11.2. The van der Waals surface area contributed by atoms with Crippen molar-refractivity contribution >= 4 is 5.97 Å². The second kappa shape index (κ2) is 14.1. The number of esters is 1. The summed E-state index contributed by atoms with van der Waals surface area (Å²) in [5, 5.41) is 0. The van der Waals surface area contributed by atoms with Crippen LogP contribution in [0.3, 0.4) is 0 Å². The van der Waals surface area contributed by atoms with Crippen LogP contribution in [0.2, 0.25) is 0 Å². The third-order valence-corrected chi connectivity index (χ3v) is 7.93. The zero-order chi connectivity index (χ0) is 32.1. The van der Waals surface area contributed by atoms with Gasteiger partial charge in [-0.2, -0.15) is 26.3 Å². The predicted molar refractivity (Wildman–Crippen MR) is 150 cm³/mol. The van der Waals surface area contributed by atoms with E-state index in [1.807, 2.05) is 42.3 Å². The molecule has 0 amide bonds. The number of carbonyl (C=O) groups is 1. The number of rotatable bonds is 11. The molecule has 0 heterocycles. The first-order valence-electron chi connectivity index (χ1n) is 14.3. The van der Waals surface area contributed by atoms with Gasteiger partial charge in [0, 0.05) is 19.0 Å². The van der Waals surface area contributed by atoms with Crippen molar-refractivity contribution in [2.24, 2.45) is 5.92 Å². The van der Waals surface area contributed by atoms with Crippen molar-refractivity contribution in [3.8, 4) is 0 Å². The monoisotopic (exact) mass is 625 g/mol. The van der Waals surface area contributed by atoms with Crippen LogP contribution in [0.25, 0.3) is 0 Å². The summed E-state index contributed by atoms with van der Waals surface area (Å²) >= 11 is 0. The number of carbonyl (C=O) groups excluding carboxylic acids is 1. The Hall–Kier alpha value is -3.44. The van der Waals surface area contributed by atoms with E-state index in [1.165, 1.54) is 19.1 Å². The zero-order valence-corrected chi connectivity index (χ0v) is 24.3. The van der Waals surface area contributed by atoms with E-state index >= 15 is 0 Å². The minimum Gasteiger partial charge on any atom is -0.461 e. The topological polar surface area (TPSA) is 38.8 Å². The molecular weight excluding hydrogens is 591 g/mol. The SMILES string of the molecule is CC(OC1CCC(CN(C)CCC(=O)OCc2ccccc2)C1c1ccc(F)cc1)c1cc(C(F)(F)F)cc(C(F)(F)F)c1. The van der Waals surface area contributed by atoms with E-state index in [0.29, 0.717) is 38.1 Å². The van der Waals surface area contributed by atoms with Gasteiger partial charge >= 0.3 is 18.3 Å². The predicted octanol–water partition coefficient (Wildman–Crippen LogP) is 8.57. The fraction of sp³-hybridized carbons (Fsp3) is 0.424. The Bertz CT molecular complexity index is 1340. The normalized spacial score (nSPS) is 19.7. The maximum absolute atomic E-state index is 13.8. The summed E-state index contributed by atoms with van der Waals surface area (Å²) in [6, 6.07) is 16.6. The van der Waals surface area contributed by atoms with Crippen LogP contribution in [-0.4, -0.2) is 37.1 Å². The number of hydrogen-bond donors (Lipinski definition) is 0. The van der Waals surface area contributed by atoms with Crippen LogP contribution < -0.4 is 0 Å². The molecule has 4 rings (SSSR count). The quantitative estimate of drug-likeness (QED) is 0.158. The lowest BCUT2D eigenvalue weighted by Gasteiger charge is -2.30. The highest BCUT2D eigenvalue weighted by atomic mass is 19.4. The molecule has 0 spiro atoms. The molecule has 0 N–H and O–H groups in total. The van der Waals surface area contributed by atoms with Crippen molar-refractivity contribution in [2.45, 2.75) is 63.3 Å². The van der Waals surface area contributed by atoms with E-state index in [-0.39, 0.29) is 42.5 Å². The van der Waals surface area contributed by atoms with E-state index in [4.69, 9.17) is 9.47 Å². The zero-order valence-electron chi connectivity index (χ0n) is 24.3. The van der Waals surface area contributed by atoms with E-state index < -0.39 is 41.5 Å². The first kappa shape index (κ1) is 33.5. The number of benzene rings is 3. The van der Waals surface area contributed by atoms with Gasteiger partial charge in [-0.3, -0.25) is 4.79 Å². The van der Waals surface area contributed by atoms with Gasteiger partial charge in [0.05, 0.1) is 29.8 Å². The highest BCUT2D eigenvalue weighted by molar-refractivity contribution is 5.69. The Morgan fingerprint density at radius 2 is 1.52 bits per heavy atom. The summed E-state index contributed by atoms with van der Waals surface area (Å²) < 4.78 is 106. The summed E-state index contributed by atoms with van der Waals surface area (Å²) in [6.07, 6.45) is -10.3. The Labute approximate surface area is 251 Å². The summed E-state index contributed by atoms with van der Waals surface area (Å²) in [5.41, 5.74) is -1.41. The molecule has 1 aliphatic rings. The van der Waals surface area contributed by atoms with E-state index in [0.717, 1.165) is 11.1 Å². The van der Waals surface area contributed by atoms with E-state index in [9.17, 15) is 35.5 Å². The maximum Gasteiger partial charge on any atom is 0.416 e. The van der Waals surface area contributed by atoms with Crippen LogP contribution in [0, 0.1) is 11.7 Å². The van der Waals surface area contributed by atoms with Crippen LogP contribution >= 0.6 is 0 Å². The third-order valence-electron chi connectivity index (χ3n) is 7.93. The molecule has 1 saturated carbocycles. The summed E-state index contributed by atoms with van der Waals surface area (Å²) in [4.78, 5) is 14.3. The number of alkyl halides is 6. The smallest absolute Gasteiger partial charge is 0.416 e. The molecule has 0 saturated heterocycles. The molecule has 0 radical (unpaired) electrons. The van der Waals surface area contributed by atoms with Crippen LogP contribution in [0.4, 0.5) is 30.7 Å². The first-order valence-corrected chi connectivity index (χ1v) is 14.3. The van der Waals surface area contributed by atoms with Gasteiger partial charge in [-0.25, -0.2) is 4.39 Å². The molecule has 1 aliphatic carbocycles. The average Bonchev–Trinajstić information content (AvgIpc) is 3.36. The minimum absolute atomic E-state index is 0.0322. The van der Waals surface area contributed by atoms with Gasteiger partial charge in [-0.1, -0.05) is 42.5 Å². The van der Waals surface area contributed by atoms with Gasteiger partial charge in [0.25, 0.3) is 0 Å². The molecule has 4 atom stereocenters. The summed E-state index contributed by atoms with van der Waals surface area (Å²) in [6.45, 7) is 2.54. The van der Waals surface area contributed by atoms with Crippen molar-refractivity contribution in [2.75, 3.05) is 20.1 Å². The van der Waals surface area contributed by atoms with Crippen molar-refractivity contribution in [1.82, 2.24) is 4.90 Å². The Morgan fingerprint density at radius 3 is 2.11 bits per heavy atom. The number of hydrogen-bond acceptors (Lipinski definition) is 4. The van der Waals surface area contributed by atoms with E-state index in [1.54, 1.807) is 12.1 Å². The minimum atomic E-state index is -4.97. The molecule has 4 nitrogen and oxygen atoms in total. The maximum atomic E-state index is 13.8. The number of nitrogens with zero attached hydrogens (tertiary/aromatic N) is 1. The van der Waals surface area contributed by atoms with Crippen LogP contribution in [-0.2, 0) is 33.2 Å². The van der Waals surface area contributed by atoms with E-state index in [2.05, 4.69) is 0 Å². The lowest BCUT2D eigenvalue weighted by atomic mass is 9.87. The average molecular weight is 626 g/mol. The third kappa shape index (κ3) is 9.04. The summed E-state index contributed by atoms with van der Waals surface area (Å²) in [5.74, 6) is -1.13. The van der Waals surface area contributed by atoms with Crippen molar-refractivity contribution in [1.29, 1.82) is 0 Å². The van der Waals surface area contributed by atoms with Crippen LogP contribution in [0.5, 0.6) is 0 Å². The van der Waals surface area contributed by atoms with Crippen molar-refractivity contribution < 1.29 is 45.0 Å². The highest BCUT2D eigenvalue weighted by Crippen LogP contribution is 2.45. The lowest BCUT2D eigenvalue weighted by Crippen LogP contribution is -2.32.